The van der Waals surface area contributed by atoms with Gasteiger partial charge in [-0.1, -0.05) is 67.0 Å². The molecule has 0 saturated carbocycles. The summed E-state index contributed by atoms with van der Waals surface area (Å²) in [7, 11) is 1.65. The second-order valence-corrected chi connectivity index (χ2v) is 11.1. The molecule has 0 atom stereocenters. The topological polar surface area (TPSA) is 112 Å². The highest BCUT2D eigenvalue weighted by atomic mass is 16.5. The van der Waals surface area contributed by atoms with E-state index >= 15 is 0 Å². The van der Waals surface area contributed by atoms with Gasteiger partial charge in [-0.2, -0.15) is 0 Å². The molecule has 0 spiro atoms. The Bertz CT molecular complexity index is 1820. The fourth-order valence-electron chi connectivity index (χ4n) is 5.30. The van der Waals surface area contributed by atoms with Gasteiger partial charge in [0.05, 0.1) is 18.0 Å². The number of aromatic amines is 1. The van der Waals surface area contributed by atoms with Crippen LogP contribution in [-0.2, 0) is 17.6 Å². The number of H-pyrrole nitrogens is 1. The highest BCUT2D eigenvalue weighted by Gasteiger charge is 2.20. The lowest BCUT2D eigenvalue weighted by molar-refractivity contribution is 0.0181. The molecule has 0 aliphatic heterocycles. The van der Waals surface area contributed by atoms with Crippen molar-refractivity contribution in [3.63, 3.8) is 0 Å². The first-order chi connectivity index (χ1) is 20.7. The second kappa shape index (κ2) is 12.6. The molecule has 43 heavy (non-hydrogen) atoms. The smallest absolute Gasteiger partial charge is 0.439 e. The van der Waals surface area contributed by atoms with Gasteiger partial charge < -0.3 is 9.47 Å². The van der Waals surface area contributed by atoms with Crippen LogP contribution in [0.5, 0.6) is 5.75 Å². The molecule has 9 nitrogen and oxygen atoms in total. The Hall–Kier alpha value is -4.76. The van der Waals surface area contributed by atoms with E-state index in [0.29, 0.717) is 36.0 Å². The lowest BCUT2D eigenvalue weighted by atomic mass is 9.96. The molecule has 0 radical (unpaired) electrons. The van der Waals surface area contributed by atoms with Crippen LogP contribution in [0.1, 0.15) is 49.8 Å². The summed E-state index contributed by atoms with van der Waals surface area (Å²) in [4.78, 5) is 33.0. The quantitative estimate of drug-likeness (QED) is 0.207. The summed E-state index contributed by atoms with van der Waals surface area (Å²) in [5, 5.41) is 3.85. The summed E-state index contributed by atoms with van der Waals surface area (Å²) >= 11 is 0. The molecule has 0 fully saturated rings. The highest BCUT2D eigenvalue weighted by Crippen LogP contribution is 2.30. The summed E-state index contributed by atoms with van der Waals surface area (Å²) in [6, 6.07) is 23.2. The van der Waals surface area contributed by atoms with Gasteiger partial charge in [-0.3, -0.25) is 18.9 Å². The van der Waals surface area contributed by atoms with Crippen LogP contribution in [0, 0.1) is 6.92 Å². The normalized spacial score (nSPS) is 11.6. The van der Waals surface area contributed by atoms with E-state index in [1.165, 1.54) is 0 Å². The lowest BCUT2D eigenvalue weighted by Crippen LogP contribution is -2.33. The van der Waals surface area contributed by atoms with Crippen molar-refractivity contribution in [3.05, 3.63) is 116 Å². The predicted molar refractivity (Wildman–Crippen MR) is 166 cm³/mol. The number of nitrogens with zero attached hydrogens (tertiary/aromatic N) is 3. The number of hydrogen-bond acceptors (Lipinski definition) is 7. The van der Waals surface area contributed by atoms with E-state index in [1.54, 1.807) is 11.7 Å². The van der Waals surface area contributed by atoms with Crippen molar-refractivity contribution in [1.29, 1.82) is 0 Å². The van der Waals surface area contributed by atoms with Crippen LogP contribution in [0.4, 0.5) is 0 Å². The zero-order valence-corrected chi connectivity index (χ0v) is 25.1. The van der Waals surface area contributed by atoms with Gasteiger partial charge >= 0.3 is 5.76 Å². The third-order valence-corrected chi connectivity index (χ3v) is 7.17. The SMILES string of the molecule is CCCc1nc(C)n(-c2ccc(OC(C)(C)COC)cc2)c(=O)c1Cc1ccc(-c2ccccc2-c2noc(=O)[nH]2)cc1. The molecular weight excluding hydrogens is 544 g/mol. The predicted octanol–water partition coefficient (Wildman–Crippen LogP) is 5.90. The highest BCUT2D eigenvalue weighted by molar-refractivity contribution is 5.80. The molecule has 0 amide bonds. The van der Waals surface area contributed by atoms with Crippen molar-refractivity contribution in [2.75, 3.05) is 13.7 Å². The number of nitrogens with one attached hydrogen (secondary N) is 1. The maximum Gasteiger partial charge on any atom is 0.439 e. The minimum absolute atomic E-state index is 0.0752. The average molecular weight is 581 g/mol. The molecule has 3 aromatic carbocycles. The molecule has 0 aliphatic rings. The van der Waals surface area contributed by atoms with Crippen LogP contribution in [0.3, 0.4) is 0 Å². The first-order valence-electron chi connectivity index (χ1n) is 14.3. The lowest BCUT2D eigenvalue weighted by Gasteiger charge is -2.25. The molecule has 0 bridgehead atoms. The Morgan fingerprint density at radius 1 is 0.953 bits per heavy atom. The summed E-state index contributed by atoms with van der Waals surface area (Å²) in [6.45, 7) is 8.34. The number of benzene rings is 3. The molecule has 0 saturated heterocycles. The summed E-state index contributed by atoms with van der Waals surface area (Å²) in [5.41, 5.74) is 5.29. The van der Waals surface area contributed by atoms with Gasteiger partial charge in [0.25, 0.3) is 5.56 Å². The molecule has 1 N–H and O–H groups in total. The van der Waals surface area contributed by atoms with Gasteiger partial charge in [-0.05, 0) is 68.1 Å². The minimum Gasteiger partial charge on any atom is -0.485 e. The number of hydrogen-bond donors (Lipinski definition) is 1. The van der Waals surface area contributed by atoms with E-state index in [1.807, 2.05) is 93.6 Å². The summed E-state index contributed by atoms with van der Waals surface area (Å²) < 4.78 is 17.7. The van der Waals surface area contributed by atoms with Crippen LogP contribution in [0.15, 0.2) is 86.9 Å². The standard InChI is InChI=1S/C34H36N4O5/c1-6-9-30-29(32(39)38(22(2)35-30)25-16-18-26(19-17-25)42-34(3,4)21-41-5)20-23-12-14-24(15-13-23)27-10-7-8-11-28(27)31-36-33(40)43-37-31/h7-8,10-19H,6,9,20-21H2,1-5H3,(H,36,37,40). The Labute approximate surface area is 250 Å². The Morgan fingerprint density at radius 2 is 1.65 bits per heavy atom. The van der Waals surface area contributed by atoms with Gasteiger partial charge in [-0.25, -0.2) is 9.78 Å². The van der Waals surface area contributed by atoms with Crippen molar-refractivity contribution in [2.24, 2.45) is 0 Å². The third-order valence-electron chi connectivity index (χ3n) is 7.17. The van der Waals surface area contributed by atoms with Crippen molar-refractivity contribution < 1.29 is 14.0 Å². The van der Waals surface area contributed by atoms with Crippen LogP contribution >= 0.6 is 0 Å². The zero-order chi connectivity index (χ0) is 30.6. The van der Waals surface area contributed by atoms with Gasteiger partial charge in [0.1, 0.15) is 17.2 Å². The maximum atomic E-state index is 14.0. The van der Waals surface area contributed by atoms with Crippen LogP contribution in [0.25, 0.3) is 28.2 Å². The van der Waals surface area contributed by atoms with Gasteiger partial charge in [0.15, 0.2) is 5.82 Å². The number of rotatable bonds is 11. The largest absolute Gasteiger partial charge is 0.485 e. The fourth-order valence-corrected chi connectivity index (χ4v) is 5.30. The van der Waals surface area contributed by atoms with E-state index in [2.05, 4.69) is 17.1 Å². The van der Waals surface area contributed by atoms with Gasteiger partial charge in [-0.15, -0.1) is 0 Å². The van der Waals surface area contributed by atoms with E-state index in [4.69, 9.17) is 19.0 Å². The molecule has 2 heterocycles. The molecule has 2 aromatic heterocycles. The second-order valence-electron chi connectivity index (χ2n) is 11.1. The van der Waals surface area contributed by atoms with Crippen LogP contribution in [-0.4, -0.2) is 39.0 Å². The third kappa shape index (κ3) is 6.67. The summed E-state index contributed by atoms with van der Waals surface area (Å²) in [6.07, 6.45) is 2.05. The van der Waals surface area contributed by atoms with Crippen LogP contribution < -0.4 is 16.1 Å². The molecule has 222 valence electrons. The van der Waals surface area contributed by atoms with Crippen LogP contribution in [0.2, 0.25) is 0 Å². The zero-order valence-electron chi connectivity index (χ0n) is 25.1. The maximum absolute atomic E-state index is 14.0. The molecule has 9 heteroatoms. The van der Waals surface area contributed by atoms with E-state index in [-0.39, 0.29) is 5.56 Å². The monoisotopic (exact) mass is 580 g/mol. The summed E-state index contributed by atoms with van der Waals surface area (Å²) in [5.74, 6) is 1.11. The Morgan fingerprint density at radius 3 is 2.28 bits per heavy atom. The van der Waals surface area contributed by atoms with Crippen molar-refractivity contribution >= 4 is 0 Å². The van der Waals surface area contributed by atoms with Gasteiger partial charge in [0.2, 0.25) is 0 Å². The molecule has 0 aliphatic carbocycles. The number of methoxy groups -OCH3 is 1. The molecule has 0 unspecified atom stereocenters. The van der Waals surface area contributed by atoms with Gasteiger partial charge in [0, 0.05) is 24.7 Å². The van der Waals surface area contributed by atoms with E-state index in [0.717, 1.165) is 46.5 Å². The van der Waals surface area contributed by atoms with E-state index < -0.39 is 11.4 Å². The number of aromatic nitrogens is 4. The first kappa shape index (κ1) is 29.7. The number of ether oxygens (including phenoxy) is 2. The fraction of sp³-hybridized carbons (Fsp3) is 0.294. The van der Waals surface area contributed by atoms with Crippen molar-refractivity contribution in [1.82, 2.24) is 19.7 Å². The minimum atomic E-state index is -0.601. The first-order valence-corrected chi connectivity index (χ1v) is 14.3. The molecule has 5 aromatic rings. The van der Waals surface area contributed by atoms with Crippen molar-refractivity contribution in [3.8, 4) is 34.0 Å². The Balaban J connectivity index is 1.46. The van der Waals surface area contributed by atoms with Crippen molar-refractivity contribution in [2.45, 2.75) is 52.6 Å². The molecule has 5 rings (SSSR count). The van der Waals surface area contributed by atoms with E-state index in [9.17, 15) is 9.59 Å². The Kier molecular flexibility index (Phi) is 8.73. The molecular formula is C34H36N4O5. The number of aryl methyl sites for hydroxylation is 2. The average Bonchev–Trinajstić information content (AvgIpc) is 3.42.